The highest BCUT2D eigenvalue weighted by molar-refractivity contribution is 7.98. The Morgan fingerprint density at radius 1 is 1.07 bits per heavy atom. The quantitative estimate of drug-likeness (QED) is 0.708. The summed E-state index contributed by atoms with van der Waals surface area (Å²) in [7, 11) is 0. The lowest BCUT2D eigenvalue weighted by molar-refractivity contribution is 0.0659. The highest BCUT2D eigenvalue weighted by Gasteiger charge is 2.36. The fourth-order valence-corrected chi connectivity index (χ4v) is 5.38. The van der Waals surface area contributed by atoms with Gasteiger partial charge in [0, 0.05) is 30.6 Å². The third-order valence-electron chi connectivity index (χ3n) is 6.46. The van der Waals surface area contributed by atoms with E-state index in [-0.39, 0.29) is 5.91 Å². The molecule has 4 rings (SSSR count). The Morgan fingerprint density at radius 2 is 1.79 bits per heavy atom. The van der Waals surface area contributed by atoms with Crippen molar-refractivity contribution in [3.8, 4) is 0 Å². The van der Waals surface area contributed by atoms with Gasteiger partial charge >= 0.3 is 0 Å². The molecular formula is C24H31N3OS. The van der Waals surface area contributed by atoms with Gasteiger partial charge in [0.05, 0.1) is 5.56 Å². The van der Waals surface area contributed by atoms with E-state index in [1.54, 1.807) is 11.8 Å². The Bertz CT molecular complexity index is 805. The van der Waals surface area contributed by atoms with Crippen LogP contribution >= 0.6 is 11.8 Å². The van der Waals surface area contributed by atoms with Crippen LogP contribution in [-0.4, -0.2) is 42.7 Å². The van der Waals surface area contributed by atoms with E-state index in [0.717, 1.165) is 49.4 Å². The zero-order valence-corrected chi connectivity index (χ0v) is 18.0. The average Bonchev–Trinajstić information content (AvgIpc) is 3.26. The number of amides is 1. The minimum Gasteiger partial charge on any atom is -0.339 e. The van der Waals surface area contributed by atoms with Crippen LogP contribution in [0.1, 0.15) is 35.2 Å². The Morgan fingerprint density at radius 3 is 2.55 bits per heavy atom. The number of nitrogens with zero attached hydrogens (tertiary/aromatic N) is 1. The van der Waals surface area contributed by atoms with E-state index in [4.69, 9.17) is 0 Å². The van der Waals surface area contributed by atoms with E-state index in [0.29, 0.717) is 17.9 Å². The third-order valence-corrected chi connectivity index (χ3v) is 7.26. The van der Waals surface area contributed by atoms with Gasteiger partial charge in [0.1, 0.15) is 0 Å². The zero-order chi connectivity index (χ0) is 20.1. The topological polar surface area (TPSA) is 44.4 Å². The van der Waals surface area contributed by atoms with Crippen molar-refractivity contribution in [3.63, 3.8) is 0 Å². The summed E-state index contributed by atoms with van der Waals surface area (Å²) in [6.45, 7) is 2.75. The van der Waals surface area contributed by atoms with Crippen LogP contribution in [0.5, 0.6) is 0 Å². The normalized spacial score (nSPS) is 22.7. The Hall–Kier alpha value is -1.82. The Labute approximate surface area is 178 Å². The van der Waals surface area contributed by atoms with Gasteiger partial charge in [-0.05, 0) is 61.5 Å². The predicted octanol–water partition coefficient (Wildman–Crippen LogP) is 3.99. The van der Waals surface area contributed by atoms with Crippen LogP contribution in [0.2, 0.25) is 0 Å². The van der Waals surface area contributed by atoms with Gasteiger partial charge in [-0.25, -0.2) is 0 Å². The highest BCUT2D eigenvalue weighted by Crippen LogP contribution is 2.30. The Balaban J connectivity index is 1.32. The van der Waals surface area contributed by atoms with Crippen LogP contribution in [-0.2, 0) is 6.42 Å². The number of nitrogens with one attached hydrogen (secondary N) is 2. The van der Waals surface area contributed by atoms with Crippen molar-refractivity contribution < 1.29 is 4.79 Å². The summed E-state index contributed by atoms with van der Waals surface area (Å²) in [4.78, 5) is 16.1. The first-order valence-electron chi connectivity index (χ1n) is 10.7. The maximum absolute atomic E-state index is 13.0. The molecule has 154 valence electrons. The second-order valence-corrected chi connectivity index (χ2v) is 9.01. The van der Waals surface area contributed by atoms with Crippen molar-refractivity contribution in [1.82, 2.24) is 15.8 Å². The zero-order valence-electron chi connectivity index (χ0n) is 17.1. The minimum absolute atomic E-state index is 0.187. The van der Waals surface area contributed by atoms with Gasteiger partial charge in [0.25, 0.3) is 5.91 Å². The molecule has 0 spiro atoms. The molecular weight excluding hydrogens is 378 g/mol. The molecule has 5 heteroatoms. The number of aryl methyl sites for hydroxylation is 1. The number of hydrazine groups is 1. The summed E-state index contributed by atoms with van der Waals surface area (Å²) in [5.41, 5.74) is 9.22. The second kappa shape index (κ2) is 9.79. The predicted molar refractivity (Wildman–Crippen MR) is 120 cm³/mol. The molecule has 1 amide bonds. The number of carbonyl (C=O) groups is 1. The van der Waals surface area contributed by atoms with E-state index in [1.807, 2.05) is 35.4 Å². The molecule has 4 nitrogen and oxygen atoms in total. The van der Waals surface area contributed by atoms with Gasteiger partial charge in [-0.1, -0.05) is 42.5 Å². The van der Waals surface area contributed by atoms with Gasteiger partial charge < -0.3 is 4.90 Å². The molecule has 2 N–H and O–H groups in total. The van der Waals surface area contributed by atoms with Gasteiger partial charge in [-0.2, -0.15) is 0 Å². The standard InChI is InChI=1S/C24H31N3OS/c1-29-22-10-6-5-9-21(22)24(28)27-15-13-19(14-16-27)23-20(17-25-26-23)12-11-18-7-3-2-4-8-18/h2-10,19-20,23,25-26H,11-17H2,1H3. The lowest BCUT2D eigenvalue weighted by atomic mass is 9.81. The molecule has 29 heavy (non-hydrogen) atoms. The molecule has 2 aromatic carbocycles. The lowest BCUT2D eigenvalue weighted by Gasteiger charge is -2.36. The molecule has 0 radical (unpaired) electrons. The van der Waals surface area contributed by atoms with Crippen LogP contribution in [0.3, 0.4) is 0 Å². The van der Waals surface area contributed by atoms with Crippen molar-refractivity contribution in [3.05, 3.63) is 65.7 Å². The Kier molecular flexibility index (Phi) is 6.90. The molecule has 2 aromatic rings. The first kappa shape index (κ1) is 20.5. The first-order chi connectivity index (χ1) is 14.3. The summed E-state index contributed by atoms with van der Waals surface area (Å²) in [5.74, 6) is 1.47. The molecule has 2 saturated heterocycles. The van der Waals surface area contributed by atoms with Gasteiger partial charge in [0.15, 0.2) is 0 Å². The number of piperidine rings is 1. The summed E-state index contributed by atoms with van der Waals surface area (Å²) in [6.07, 6.45) is 6.53. The second-order valence-electron chi connectivity index (χ2n) is 8.17. The number of benzene rings is 2. The minimum atomic E-state index is 0.187. The molecule has 0 aromatic heterocycles. The molecule has 2 atom stereocenters. The molecule has 0 aliphatic carbocycles. The van der Waals surface area contributed by atoms with E-state index >= 15 is 0 Å². The fourth-order valence-electron chi connectivity index (χ4n) is 4.79. The van der Waals surface area contributed by atoms with Gasteiger partial charge in [-0.3, -0.25) is 15.6 Å². The molecule has 2 fully saturated rings. The van der Waals surface area contributed by atoms with Crippen LogP contribution in [0.15, 0.2) is 59.5 Å². The average molecular weight is 410 g/mol. The summed E-state index contributed by atoms with van der Waals surface area (Å²) in [5, 5.41) is 0. The van der Waals surface area contributed by atoms with Crippen LogP contribution in [0, 0.1) is 11.8 Å². The summed E-state index contributed by atoms with van der Waals surface area (Å²) >= 11 is 1.65. The van der Waals surface area contributed by atoms with Crippen molar-refractivity contribution in [2.45, 2.75) is 36.6 Å². The number of thioether (sulfide) groups is 1. The maximum Gasteiger partial charge on any atom is 0.254 e. The number of carbonyl (C=O) groups excluding carboxylic acids is 1. The van der Waals surface area contributed by atoms with E-state index < -0.39 is 0 Å². The van der Waals surface area contributed by atoms with Crippen molar-refractivity contribution in [1.29, 1.82) is 0 Å². The molecule has 0 bridgehead atoms. The molecule has 2 heterocycles. The molecule has 2 aliphatic heterocycles. The van der Waals surface area contributed by atoms with E-state index in [9.17, 15) is 4.79 Å². The number of hydrogen-bond donors (Lipinski definition) is 2. The summed E-state index contributed by atoms with van der Waals surface area (Å²) in [6, 6.07) is 19.3. The molecule has 0 saturated carbocycles. The monoisotopic (exact) mass is 409 g/mol. The highest BCUT2D eigenvalue weighted by atomic mass is 32.2. The lowest BCUT2D eigenvalue weighted by Crippen LogP contribution is -2.46. The third kappa shape index (κ3) is 4.85. The first-order valence-corrected chi connectivity index (χ1v) is 11.9. The number of hydrogen-bond acceptors (Lipinski definition) is 4. The van der Waals surface area contributed by atoms with Crippen LogP contribution in [0.4, 0.5) is 0 Å². The number of likely N-dealkylation sites (tertiary alicyclic amines) is 1. The van der Waals surface area contributed by atoms with Gasteiger partial charge in [0.2, 0.25) is 0 Å². The molecule has 2 aliphatic rings. The SMILES string of the molecule is CSc1ccccc1C(=O)N1CCC(C2NNCC2CCc2ccccc2)CC1. The van der Waals surface area contributed by atoms with Gasteiger partial charge in [-0.15, -0.1) is 11.8 Å². The van der Waals surface area contributed by atoms with Crippen molar-refractivity contribution in [2.75, 3.05) is 25.9 Å². The smallest absolute Gasteiger partial charge is 0.254 e. The van der Waals surface area contributed by atoms with Crippen LogP contribution < -0.4 is 10.9 Å². The fraction of sp³-hybridized carbons (Fsp3) is 0.458. The number of rotatable bonds is 6. The van der Waals surface area contributed by atoms with Crippen molar-refractivity contribution >= 4 is 17.7 Å². The summed E-state index contributed by atoms with van der Waals surface area (Å²) < 4.78 is 0. The maximum atomic E-state index is 13.0. The largest absolute Gasteiger partial charge is 0.339 e. The molecule has 2 unspecified atom stereocenters. The van der Waals surface area contributed by atoms with Crippen LogP contribution in [0.25, 0.3) is 0 Å². The van der Waals surface area contributed by atoms with Crippen molar-refractivity contribution in [2.24, 2.45) is 11.8 Å². The van der Waals surface area contributed by atoms with E-state index in [1.165, 1.54) is 12.0 Å². The van der Waals surface area contributed by atoms with E-state index in [2.05, 4.69) is 41.2 Å².